The van der Waals surface area contributed by atoms with Crippen molar-refractivity contribution in [1.82, 2.24) is 0 Å². The second-order valence-electron chi connectivity index (χ2n) is 7.10. The van der Waals surface area contributed by atoms with Crippen LogP contribution in [0.4, 0.5) is 11.4 Å². The largest absolute Gasteiger partial charge is 0.458 e. The van der Waals surface area contributed by atoms with Crippen molar-refractivity contribution in [2.24, 2.45) is 17.3 Å². The number of benzene rings is 1. The number of hydrogen-bond acceptors (Lipinski definition) is 6. The summed E-state index contributed by atoms with van der Waals surface area (Å²) in [5.74, 6) is 0.117. The Kier molecular flexibility index (Phi) is 3.77. The van der Waals surface area contributed by atoms with E-state index in [-0.39, 0.29) is 23.0 Å². The summed E-state index contributed by atoms with van der Waals surface area (Å²) in [6.07, 6.45) is 2.48. The number of ether oxygens (including phenoxy) is 1. The number of hydrogen-bond donors (Lipinski definition) is 0. The molecule has 0 aliphatic heterocycles. The van der Waals surface area contributed by atoms with E-state index in [1.807, 2.05) is 0 Å². The van der Waals surface area contributed by atoms with Crippen LogP contribution in [0.1, 0.15) is 43.5 Å². The average molecular weight is 334 g/mol. The summed E-state index contributed by atoms with van der Waals surface area (Å²) in [5, 5.41) is 21.9. The van der Waals surface area contributed by atoms with Crippen LogP contribution in [0.3, 0.4) is 0 Å². The van der Waals surface area contributed by atoms with Crippen molar-refractivity contribution in [3.05, 3.63) is 44.0 Å². The third-order valence-electron chi connectivity index (χ3n) is 5.66. The van der Waals surface area contributed by atoms with Gasteiger partial charge in [0.15, 0.2) is 0 Å². The van der Waals surface area contributed by atoms with Crippen LogP contribution >= 0.6 is 0 Å². The van der Waals surface area contributed by atoms with Gasteiger partial charge in [0.05, 0.1) is 15.9 Å². The first-order valence-electron chi connectivity index (χ1n) is 7.85. The molecule has 0 radical (unpaired) electrons. The molecule has 2 unspecified atom stereocenters. The van der Waals surface area contributed by atoms with Crippen LogP contribution in [-0.2, 0) is 4.74 Å². The Morgan fingerprint density at radius 2 is 1.92 bits per heavy atom. The third-order valence-corrected chi connectivity index (χ3v) is 5.66. The van der Waals surface area contributed by atoms with Gasteiger partial charge in [-0.25, -0.2) is 4.79 Å². The minimum absolute atomic E-state index is 0.116. The Labute approximate surface area is 138 Å². The molecule has 1 aromatic carbocycles. The SMILES string of the molecule is CC1(C)C2CC[C@@H](OC(=O)c3ccc([N+](=O)[O-])cc3[N+](=O)[O-])C1C2. The Balaban J connectivity index is 1.82. The number of fused-ring (bicyclic) bond motifs is 2. The van der Waals surface area contributed by atoms with E-state index in [1.54, 1.807) is 0 Å². The summed E-state index contributed by atoms with van der Waals surface area (Å²) in [6.45, 7) is 4.31. The highest BCUT2D eigenvalue weighted by Crippen LogP contribution is 2.59. The van der Waals surface area contributed by atoms with Crippen molar-refractivity contribution >= 4 is 17.3 Å². The third kappa shape index (κ3) is 2.51. The maximum atomic E-state index is 12.4. The molecular formula is C16H18N2O6. The molecule has 0 N–H and O–H groups in total. The predicted octanol–water partition coefficient (Wildman–Crippen LogP) is 3.48. The van der Waals surface area contributed by atoms with Crippen molar-refractivity contribution in [2.75, 3.05) is 0 Å². The normalized spacial score (nSPS) is 27.0. The first-order chi connectivity index (χ1) is 11.2. The van der Waals surface area contributed by atoms with Gasteiger partial charge >= 0.3 is 5.97 Å². The molecule has 0 spiro atoms. The number of esters is 1. The van der Waals surface area contributed by atoms with Gasteiger partial charge in [-0.15, -0.1) is 0 Å². The molecule has 8 heteroatoms. The van der Waals surface area contributed by atoms with Crippen molar-refractivity contribution in [3.8, 4) is 0 Å². The molecule has 0 amide bonds. The molecule has 0 saturated heterocycles. The molecule has 3 atom stereocenters. The molecule has 3 aliphatic carbocycles. The average Bonchev–Trinajstić information content (AvgIpc) is 2.53. The number of non-ortho nitro benzene ring substituents is 1. The summed E-state index contributed by atoms with van der Waals surface area (Å²) >= 11 is 0. The van der Waals surface area contributed by atoms with Crippen LogP contribution < -0.4 is 0 Å². The first kappa shape index (κ1) is 16.4. The smallest absolute Gasteiger partial charge is 0.345 e. The van der Waals surface area contributed by atoms with E-state index in [0.29, 0.717) is 5.92 Å². The fourth-order valence-electron chi connectivity index (χ4n) is 4.04. The second-order valence-corrected chi connectivity index (χ2v) is 7.10. The van der Waals surface area contributed by atoms with Crippen LogP contribution in [0.5, 0.6) is 0 Å². The molecule has 3 fully saturated rings. The molecule has 4 rings (SSSR count). The van der Waals surface area contributed by atoms with Gasteiger partial charge in [-0.2, -0.15) is 0 Å². The van der Waals surface area contributed by atoms with Gasteiger partial charge in [0.25, 0.3) is 11.4 Å². The summed E-state index contributed by atoms with van der Waals surface area (Å²) in [6, 6.07) is 2.96. The Bertz CT molecular complexity index is 727. The standard InChI is InChI=1S/C16H18N2O6/c1-16(2)9-3-6-14(12(16)7-9)24-15(19)11-5-4-10(17(20)21)8-13(11)18(22)23/h4-5,8-9,12,14H,3,6-7H2,1-2H3/t9?,12?,14-/m1/s1. The minimum Gasteiger partial charge on any atom is -0.458 e. The van der Waals surface area contributed by atoms with E-state index in [4.69, 9.17) is 4.74 Å². The molecule has 3 aliphatic rings. The second kappa shape index (κ2) is 5.54. The zero-order chi connectivity index (χ0) is 17.6. The van der Waals surface area contributed by atoms with E-state index in [0.717, 1.165) is 37.5 Å². The van der Waals surface area contributed by atoms with Gasteiger partial charge in [-0.3, -0.25) is 20.2 Å². The van der Waals surface area contributed by atoms with Gasteiger partial charge in [0.2, 0.25) is 0 Å². The van der Waals surface area contributed by atoms with Gasteiger partial charge in [-0.1, -0.05) is 13.8 Å². The number of nitrogens with zero attached hydrogens (tertiary/aromatic N) is 2. The molecule has 2 bridgehead atoms. The Morgan fingerprint density at radius 3 is 2.46 bits per heavy atom. The monoisotopic (exact) mass is 334 g/mol. The molecule has 8 nitrogen and oxygen atoms in total. The highest BCUT2D eigenvalue weighted by Gasteiger charge is 2.55. The zero-order valence-electron chi connectivity index (χ0n) is 13.4. The van der Waals surface area contributed by atoms with E-state index in [9.17, 15) is 25.0 Å². The highest BCUT2D eigenvalue weighted by molar-refractivity contribution is 5.94. The van der Waals surface area contributed by atoms with Crippen LogP contribution in [0.25, 0.3) is 0 Å². The molecule has 0 heterocycles. The maximum Gasteiger partial charge on any atom is 0.345 e. The number of nitro groups is 2. The molecular weight excluding hydrogens is 316 g/mol. The molecule has 24 heavy (non-hydrogen) atoms. The van der Waals surface area contributed by atoms with Gasteiger partial charge in [0, 0.05) is 12.0 Å². The van der Waals surface area contributed by atoms with Crippen LogP contribution in [0.15, 0.2) is 18.2 Å². The fraction of sp³-hybridized carbons (Fsp3) is 0.562. The van der Waals surface area contributed by atoms with Crippen molar-refractivity contribution < 1.29 is 19.4 Å². The molecule has 1 aromatic rings. The van der Waals surface area contributed by atoms with Gasteiger partial charge < -0.3 is 4.74 Å². The lowest BCUT2D eigenvalue weighted by atomic mass is 9.48. The number of carbonyl (C=O) groups is 1. The Morgan fingerprint density at radius 1 is 1.21 bits per heavy atom. The van der Waals surface area contributed by atoms with Crippen LogP contribution in [0.2, 0.25) is 0 Å². The lowest BCUT2D eigenvalue weighted by Crippen LogP contribution is -2.55. The van der Waals surface area contributed by atoms with Crippen molar-refractivity contribution in [1.29, 1.82) is 0 Å². The lowest BCUT2D eigenvalue weighted by Gasteiger charge is -2.59. The van der Waals surface area contributed by atoms with Crippen LogP contribution in [0, 0.1) is 37.5 Å². The summed E-state index contributed by atoms with van der Waals surface area (Å²) in [4.78, 5) is 32.8. The van der Waals surface area contributed by atoms with E-state index >= 15 is 0 Å². The van der Waals surface area contributed by atoms with Crippen LogP contribution in [-0.4, -0.2) is 21.9 Å². The van der Waals surface area contributed by atoms with Gasteiger partial charge in [-0.05, 0) is 36.7 Å². The molecule has 0 aromatic heterocycles. The predicted molar refractivity (Wildman–Crippen MR) is 83.6 cm³/mol. The van der Waals surface area contributed by atoms with Crippen molar-refractivity contribution in [2.45, 2.75) is 39.2 Å². The Hall–Kier alpha value is -2.51. The summed E-state index contributed by atoms with van der Waals surface area (Å²) in [5.41, 5.74) is -1.16. The topological polar surface area (TPSA) is 113 Å². The van der Waals surface area contributed by atoms with Gasteiger partial charge in [0.1, 0.15) is 11.7 Å². The quantitative estimate of drug-likeness (QED) is 0.473. The maximum absolute atomic E-state index is 12.4. The first-order valence-corrected chi connectivity index (χ1v) is 7.85. The molecule has 128 valence electrons. The lowest BCUT2D eigenvalue weighted by molar-refractivity contribution is -0.394. The minimum atomic E-state index is -0.798. The van der Waals surface area contributed by atoms with E-state index in [1.165, 1.54) is 0 Å². The number of rotatable bonds is 4. The highest BCUT2D eigenvalue weighted by atomic mass is 16.6. The van der Waals surface area contributed by atoms with E-state index in [2.05, 4.69) is 13.8 Å². The number of nitro benzene ring substituents is 2. The fourth-order valence-corrected chi connectivity index (χ4v) is 4.04. The summed E-state index contributed by atoms with van der Waals surface area (Å²) in [7, 11) is 0. The summed E-state index contributed by atoms with van der Waals surface area (Å²) < 4.78 is 5.54. The zero-order valence-corrected chi connectivity index (χ0v) is 13.4. The molecule has 3 saturated carbocycles. The van der Waals surface area contributed by atoms with Crippen molar-refractivity contribution in [3.63, 3.8) is 0 Å². The number of carbonyl (C=O) groups excluding carboxylic acids is 1. The van der Waals surface area contributed by atoms with E-state index < -0.39 is 27.2 Å².